The van der Waals surface area contributed by atoms with Crippen LogP contribution in [-0.2, 0) is 28.6 Å². The van der Waals surface area contributed by atoms with Crippen LogP contribution in [0.5, 0.6) is 0 Å². The molecular weight excluding hydrogens is 985 g/mol. The van der Waals surface area contributed by atoms with Crippen molar-refractivity contribution >= 4 is 17.9 Å². The number of carbonyl (C=O) groups excluding carboxylic acids is 3. The minimum absolute atomic E-state index is 0.0905. The fourth-order valence-corrected chi connectivity index (χ4v) is 8.89. The molecule has 0 saturated carbocycles. The van der Waals surface area contributed by atoms with E-state index in [1.807, 2.05) is 0 Å². The number of carbonyl (C=O) groups is 3. The molecule has 1 atom stereocenters. The van der Waals surface area contributed by atoms with Crippen molar-refractivity contribution in [2.45, 2.75) is 303 Å². The molecule has 0 fully saturated rings. The third-order valence-electron chi connectivity index (χ3n) is 13.9. The molecule has 0 N–H and O–H groups in total. The molecule has 0 aromatic heterocycles. The van der Waals surface area contributed by atoms with Crippen LogP contribution in [0.1, 0.15) is 297 Å². The fourth-order valence-electron chi connectivity index (χ4n) is 8.89. The van der Waals surface area contributed by atoms with Gasteiger partial charge >= 0.3 is 17.9 Å². The van der Waals surface area contributed by atoms with E-state index in [2.05, 4.69) is 154 Å². The maximum atomic E-state index is 12.9. The largest absolute Gasteiger partial charge is 0.462 e. The molecule has 80 heavy (non-hydrogen) atoms. The summed E-state index contributed by atoms with van der Waals surface area (Å²) in [5.74, 6) is -0.916. The van der Waals surface area contributed by atoms with E-state index >= 15 is 0 Å². The van der Waals surface area contributed by atoms with Gasteiger partial charge in [0.1, 0.15) is 13.2 Å². The summed E-state index contributed by atoms with van der Waals surface area (Å²) < 4.78 is 16.9. The topological polar surface area (TPSA) is 78.9 Å². The molecule has 0 rings (SSSR count). The molecule has 0 saturated heterocycles. The summed E-state index contributed by atoms with van der Waals surface area (Å²) in [6.07, 6.45) is 94.6. The minimum atomic E-state index is -0.794. The second-order valence-electron chi connectivity index (χ2n) is 21.6. The summed E-state index contributed by atoms with van der Waals surface area (Å²) in [6.45, 7) is 6.48. The van der Waals surface area contributed by atoms with Crippen molar-refractivity contribution in [3.05, 3.63) is 134 Å². The van der Waals surface area contributed by atoms with Crippen LogP contribution in [0.15, 0.2) is 134 Å². The second kappa shape index (κ2) is 67.1. The van der Waals surface area contributed by atoms with Crippen LogP contribution in [0, 0.1) is 0 Å². The van der Waals surface area contributed by atoms with Gasteiger partial charge < -0.3 is 14.2 Å². The van der Waals surface area contributed by atoms with Crippen molar-refractivity contribution in [2.75, 3.05) is 13.2 Å². The molecule has 0 aliphatic carbocycles. The lowest BCUT2D eigenvalue weighted by atomic mass is 10.1. The molecule has 0 aromatic carbocycles. The quantitative estimate of drug-likeness (QED) is 0.0261. The Bertz CT molecular complexity index is 1700. The van der Waals surface area contributed by atoms with E-state index in [1.54, 1.807) is 0 Å². The molecular formula is C74H122O6. The smallest absolute Gasteiger partial charge is 0.306 e. The summed E-state index contributed by atoms with van der Waals surface area (Å²) in [7, 11) is 0. The van der Waals surface area contributed by atoms with Gasteiger partial charge in [-0.2, -0.15) is 0 Å². The molecule has 0 aliphatic heterocycles. The Morgan fingerprint density at radius 3 is 0.800 bits per heavy atom. The van der Waals surface area contributed by atoms with Gasteiger partial charge in [-0.1, -0.05) is 270 Å². The Hall–Kier alpha value is -4.45. The molecule has 0 heterocycles. The first-order valence-corrected chi connectivity index (χ1v) is 33.2. The monoisotopic (exact) mass is 1110 g/mol. The van der Waals surface area contributed by atoms with Crippen LogP contribution in [0.2, 0.25) is 0 Å². The van der Waals surface area contributed by atoms with Gasteiger partial charge in [0.25, 0.3) is 0 Å². The third-order valence-corrected chi connectivity index (χ3v) is 13.9. The number of hydrogen-bond donors (Lipinski definition) is 0. The lowest BCUT2D eigenvalue weighted by Crippen LogP contribution is -2.30. The van der Waals surface area contributed by atoms with Gasteiger partial charge in [-0.15, -0.1) is 0 Å². The molecule has 0 spiro atoms. The highest BCUT2D eigenvalue weighted by Crippen LogP contribution is 2.15. The maximum Gasteiger partial charge on any atom is 0.306 e. The predicted octanol–water partition coefficient (Wildman–Crippen LogP) is 22.9. The van der Waals surface area contributed by atoms with Gasteiger partial charge in [-0.3, -0.25) is 14.4 Å². The average Bonchev–Trinajstić information content (AvgIpc) is 3.46. The zero-order valence-electron chi connectivity index (χ0n) is 52.0. The first-order chi connectivity index (χ1) is 39.5. The highest BCUT2D eigenvalue weighted by molar-refractivity contribution is 5.71. The van der Waals surface area contributed by atoms with Crippen molar-refractivity contribution in [2.24, 2.45) is 0 Å². The minimum Gasteiger partial charge on any atom is -0.462 e. The van der Waals surface area contributed by atoms with Crippen LogP contribution in [0.4, 0.5) is 0 Å². The van der Waals surface area contributed by atoms with E-state index < -0.39 is 6.10 Å². The van der Waals surface area contributed by atoms with Gasteiger partial charge in [0.05, 0.1) is 0 Å². The van der Waals surface area contributed by atoms with E-state index in [1.165, 1.54) is 116 Å². The van der Waals surface area contributed by atoms with Crippen LogP contribution < -0.4 is 0 Å². The standard InChI is InChI=1S/C74H122O6/c1-4-7-10-13-16-19-22-25-27-28-29-30-31-32-33-34-35-36-37-38-39-40-41-42-43-44-45-46-48-49-52-55-58-61-64-67-73(76)79-70-71(69-78-72(75)66-63-60-57-54-51-24-21-18-15-12-9-6-3)80-74(77)68-65-62-59-56-53-50-47-26-23-20-17-14-11-8-5-2/h7,10,16,18-19,21,25-27,29-30,32-33,35-36,38-39,41-42,44-45,47,71H,4-6,8-9,11-15,17,20,22-24,28,31,34,37,40,43,46,48-70H2,1-3H3/b10-7-,19-16-,21-18-,27-25-,30-29-,33-32-,36-35-,39-38-,42-41-,45-44-,47-26-. The number of ether oxygens (including phenoxy) is 3. The summed E-state index contributed by atoms with van der Waals surface area (Å²) in [6, 6.07) is 0. The summed E-state index contributed by atoms with van der Waals surface area (Å²) >= 11 is 0. The summed E-state index contributed by atoms with van der Waals surface area (Å²) in [5, 5.41) is 0. The predicted molar refractivity (Wildman–Crippen MR) is 348 cm³/mol. The molecule has 1 unspecified atom stereocenters. The second-order valence-corrected chi connectivity index (χ2v) is 21.6. The molecule has 0 aliphatic rings. The molecule has 0 aromatic rings. The average molecular weight is 1110 g/mol. The number of rotatable bonds is 59. The van der Waals surface area contributed by atoms with Gasteiger partial charge in [0.2, 0.25) is 0 Å². The number of unbranched alkanes of at least 4 members (excludes halogenated alkanes) is 26. The van der Waals surface area contributed by atoms with Crippen LogP contribution in [0.25, 0.3) is 0 Å². The summed E-state index contributed by atoms with van der Waals surface area (Å²) in [5.41, 5.74) is 0. The SMILES string of the molecule is CC/C=C\C/C=C\C/C=C\C/C=C\C/C=C\C/C=C\C/C=C\C/C=C\C/C=C\CCCCCCCCCC(=O)OCC(COC(=O)CCCCCCC/C=C\CCCCC)OC(=O)CCCCCCC/C=C\CCCCCCCC. The van der Waals surface area contributed by atoms with Crippen molar-refractivity contribution in [1.29, 1.82) is 0 Å². The van der Waals surface area contributed by atoms with Gasteiger partial charge in [-0.05, 0) is 141 Å². The van der Waals surface area contributed by atoms with E-state index in [4.69, 9.17) is 14.2 Å². The number of allylic oxidation sites excluding steroid dienone is 22. The van der Waals surface area contributed by atoms with E-state index in [0.717, 1.165) is 141 Å². The lowest BCUT2D eigenvalue weighted by Gasteiger charge is -2.18. The Labute approximate surface area is 494 Å². The van der Waals surface area contributed by atoms with Crippen LogP contribution in [0.3, 0.4) is 0 Å². The van der Waals surface area contributed by atoms with Crippen molar-refractivity contribution in [1.82, 2.24) is 0 Å². The van der Waals surface area contributed by atoms with Crippen LogP contribution in [-0.4, -0.2) is 37.2 Å². The number of hydrogen-bond acceptors (Lipinski definition) is 6. The van der Waals surface area contributed by atoms with E-state index in [9.17, 15) is 14.4 Å². The Balaban J connectivity index is 4.26. The Morgan fingerprint density at radius 1 is 0.263 bits per heavy atom. The fraction of sp³-hybridized carbons (Fsp3) is 0.662. The van der Waals surface area contributed by atoms with Crippen LogP contribution >= 0.6 is 0 Å². The Morgan fingerprint density at radius 2 is 0.487 bits per heavy atom. The first-order valence-electron chi connectivity index (χ1n) is 33.2. The van der Waals surface area contributed by atoms with E-state index in [-0.39, 0.29) is 31.1 Å². The Kier molecular flexibility index (Phi) is 63.3. The van der Waals surface area contributed by atoms with Crippen molar-refractivity contribution in [3.63, 3.8) is 0 Å². The lowest BCUT2D eigenvalue weighted by molar-refractivity contribution is -0.167. The highest BCUT2D eigenvalue weighted by Gasteiger charge is 2.19. The molecule has 0 amide bonds. The van der Waals surface area contributed by atoms with Gasteiger partial charge in [0, 0.05) is 19.3 Å². The van der Waals surface area contributed by atoms with Crippen molar-refractivity contribution < 1.29 is 28.6 Å². The first kappa shape index (κ1) is 75.5. The molecule has 0 radical (unpaired) electrons. The molecule has 6 nitrogen and oxygen atoms in total. The summed E-state index contributed by atoms with van der Waals surface area (Å²) in [4.78, 5) is 38.2. The maximum absolute atomic E-state index is 12.9. The number of esters is 3. The molecule has 6 heteroatoms. The normalized spacial score (nSPS) is 13.0. The van der Waals surface area contributed by atoms with E-state index in [0.29, 0.717) is 19.3 Å². The third kappa shape index (κ3) is 64.4. The highest BCUT2D eigenvalue weighted by atomic mass is 16.6. The zero-order valence-corrected chi connectivity index (χ0v) is 52.0. The van der Waals surface area contributed by atoms with Gasteiger partial charge in [-0.25, -0.2) is 0 Å². The molecule has 0 bridgehead atoms. The van der Waals surface area contributed by atoms with Gasteiger partial charge in [0.15, 0.2) is 6.10 Å². The van der Waals surface area contributed by atoms with Crippen molar-refractivity contribution in [3.8, 4) is 0 Å². The zero-order chi connectivity index (χ0) is 57.8. The molecule has 454 valence electrons.